The number of benzene rings is 2. The molecule has 2 aromatic carbocycles. The number of fused-ring (bicyclic) bond motifs is 1. The van der Waals surface area contributed by atoms with Crippen molar-refractivity contribution < 1.29 is 4.79 Å². The largest absolute Gasteiger partial charge is 0.322 e. The molecular weight excluding hydrogens is 338 g/mol. The number of nitrogens with one attached hydrogen (secondary N) is 1. The second-order valence-electron chi connectivity index (χ2n) is 5.36. The van der Waals surface area contributed by atoms with Gasteiger partial charge in [0, 0.05) is 28.7 Å². The SMILES string of the molecule is O=C(Nc1ccc2nn(-c3ccc(Cl)cc3)nc2c1)c1ccncc1. The Morgan fingerprint density at radius 2 is 1.64 bits per heavy atom. The first kappa shape index (κ1) is 15.3. The fourth-order valence-electron chi connectivity index (χ4n) is 2.39. The summed E-state index contributed by atoms with van der Waals surface area (Å²) in [5.74, 6) is -0.202. The summed E-state index contributed by atoms with van der Waals surface area (Å²) in [6, 6.07) is 16.0. The average molecular weight is 350 g/mol. The van der Waals surface area contributed by atoms with Crippen molar-refractivity contribution in [2.24, 2.45) is 0 Å². The summed E-state index contributed by atoms with van der Waals surface area (Å²) in [6.07, 6.45) is 3.16. The minimum atomic E-state index is -0.202. The lowest BCUT2D eigenvalue weighted by Crippen LogP contribution is -2.11. The zero-order valence-corrected chi connectivity index (χ0v) is 13.7. The predicted octanol–water partition coefficient (Wildman–Crippen LogP) is 3.72. The Labute approximate surface area is 148 Å². The first-order valence-corrected chi connectivity index (χ1v) is 7.91. The van der Waals surface area contributed by atoms with Crippen LogP contribution in [0.5, 0.6) is 0 Å². The molecule has 1 amide bonds. The normalized spacial score (nSPS) is 10.8. The van der Waals surface area contributed by atoms with E-state index in [4.69, 9.17) is 11.6 Å². The minimum absolute atomic E-state index is 0.202. The van der Waals surface area contributed by atoms with Gasteiger partial charge in [-0.3, -0.25) is 9.78 Å². The van der Waals surface area contributed by atoms with Crippen LogP contribution in [0.2, 0.25) is 5.02 Å². The topological polar surface area (TPSA) is 72.7 Å². The highest BCUT2D eigenvalue weighted by Gasteiger charge is 2.09. The van der Waals surface area contributed by atoms with Crippen LogP contribution in [0.1, 0.15) is 10.4 Å². The standard InChI is InChI=1S/C18H12ClN5O/c19-13-1-4-15(5-2-13)24-22-16-6-3-14(11-17(16)23-24)21-18(25)12-7-9-20-10-8-12/h1-11H,(H,21,25). The Morgan fingerprint density at radius 1 is 0.920 bits per heavy atom. The van der Waals surface area contributed by atoms with Crippen LogP contribution < -0.4 is 5.32 Å². The molecule has 7 heteroatoms. The van der Waals surface area contributed by atoms with Gasteiger partial charge in [-0.15, -0.1) is 10.2 Å². The highest BCUT2D eigenvalue weighted by Crippen LogP contribution is 2.19. The van der Waals surface area contributed by atoms with Crippen LogP contribution >= 0.6 is 11.6 Å². The third kappa shape index (κ3) is 3.20. The molecule has 0 aliphatic rings. The summed E-state index contributed by atoms with van der Waals surface area (Å²) in [4.78, 5) is 17.7. The number of rotatable bonds is 3. The number of hydrogen-bond acceptors (Lipinski definition) is 4. The number of aromatic nitrogens is 4. The second kappa shape index (κ2) is 6.33. The zero-order valence-electron chi connectivity index (χ0n) is 12.9. The molecule has 25 heavy (non-hydrogen) atoms. The molecule has 1 N–H and O–H groups in total. The highest BCUT2D eigenvalue weighted by molar-refractivity contribution is 6.30. The summed E-state index contributed by atoms with van der Waals surface area (Å²) < 4.78 is 0. The molecule has 2 heterocycles. The molecular formula is C18H12ClN5O. The maximum Gasteiger partial charge on any atom is 0.255 e. The maximum atomic E-state index is 12.2. The number of halogens is 1. The van der Waals surface area contributed by atoms with Crippen molar-refractivity contribution in [2.75, 3.05) is 5.32 Å². The predicted molar refractivity (Wildman–Crippen MR) is 96.1 cm³/mol. The van der Waals surface area contributed by atoms with E-state index in [1.54, 1.807) is 48.8 Å². The Bertz CT molecular complexity index is 1040. The van der Waals surface area contributed by atoms with Gasteiger partial charge in [-0.05, 0) is 54.6 Å². The molecule has 0 atom stereocenters. The molecule has 0 spiro atoms. The lowest BCUT2D eigenvalue weighted by atomic mass is 10.2. The molecule has 0 aliphatic carbocycles. The zero-order chi connectivity index (χ0) is 17.2. The summed E-state index contributed by atoms with van der Waals surface area (Å²) >= 11 is 5.90. The fraction of sp³-hybridized carbons (Fsp3) is 0. The molecule has 4 rings (SSSR count). The van der Waals surface area contributed by atoms with E-state index in [0.717, 1.165) is 11.2 Å². The van der Waals surface area contributed by atoms with Crippen molar-refractivity contribution >= 4 is 34.2 Å². The van der Waals surface area contributed by atoms with E-state index >= 15 is 0 Å². The van der Waals surface area contributed by atoms with Gasteiger partial charge in [-0.1, -0.05) is 11.6 Å². The van der Waals surface area contributed by atoms with Gasteiger partial charge in [0.15, 0.2) is 0 Å². The highest BCUT2D eigenvalue weighted by atomic mass is 35.5. The molecule has 0 saturated heterocycles. The molecule has 0 saturated carbocycles. The molecule has 122 valence electrons. The molecule has 4 aromatic rings. The Morgan fingerprint density at radius 3 is 2.40 bits per heavy atom. The number of carbonyl (C=O) groups is 1. The summed E-state index contributed by atoms with van der Waals surface area (Å²) in [6.45, 7) is 0. The van der Waals surface area contributed by atoms with Gasteiger partial charge in [0.2, 0.25) is 0 Å². The Hall–Kier alpha value is -3.25. The first-order valence-electron chi connectivity index (χ1n) is 7.53. The third-order valence-electron chi connectivity index (χ3n) is 3.64. The van der Waals surface area contributed by atoms with Gasteiger partial charge in [-0.2, -0.15) is 4.80 Å². The van der Waals surface area contributed by atoms with E-state index < -0.39 is 0 Å². The molecule has 0 unspecified atom stereocenters. The minimum Gasteiger partial charge on any atom is -0.322 e. The third-order valence-corrected chi connectivity index (χ3v) is 3.89. The van der Waals surface area contributed by atoms with Crippen molar-refractivity contribution in [3.63, 3.8) is 0 Å². The molecule has 0 aliphatic heterocycles. The number of hydrogen-bond donors (Lipinski definition) is 1. The van der Waals surface area contributed by atoms with Gasteiger partial charge >= 0.3 is 0 Å². The number of carbonyl (C=O) groups excluding carboxylic acids is 1. The van der Waals surface area contributed by atoms with Crippen molar-refractivity contribution in [3.8, 4) is 5.69 Å². The van der Waals surface area contributed by atoms with Crippen molar-refractivity contribution in [3.05, 3.63) is 77.6 Å². The quantitative estimate of drug-likeness (QED) is 0.611. The average Bonchev–Trinajstić information content (AvgIpc) is 3.06. The first-order chi connectivity index (χ1) is 12.2. The fourth-order valence-corrected chi connectivity index (χ4v) is 2.51. The van der Waals surface area contributed by atoms with Crippen LogP contribution in [0.3, 0.4) is 0 Å². The van der Waals surface area contributed by atoms with Gasteiger partial charge < -0.3 is 5.32 Å². The monoisotopic (exact) mass is 349 g/mol. The van der Waals surface area contributed by atoms with Crippen LogP contribution in [0.4, 0.5) is 5.69 Å². The van der Waals surface area contributed by atoms with Crippen molar-refractivity contribution in [1.82, 2.24) is 20.0 Å². The van der Waals surface area contributed by atoms with E-state index in [0.29, 0.717) is 21.8 Å². The molecule has 0 bridgehead atoms. The van der Waals surface area contributed by atoms with Crippen LogP contribution in [0, 0.1) is 0 Å². The Balaban J connectivity index is 1.62. The van der Waals surface area contributed by atoms with Gasteiger partial charge in [0.1, 0.15) is 11.0 Å². The molecule has 0 radical (unpaired) electrons. The molecule has 0 fully saturated rings. The number of nitrogens with zero attached hydrogens (tertiary/aromatic N) is 4. The van der Waals surface area contributed by atoms with E-state index in [2.05, 4.69) is 20.5 Å². The van der Waals surface area contributed by atoms with Crippen LogP contribution in [0.25, 0.3) is 16.7 Å². The van der Waals surface area contributed by atoms with Crippen LogP contribution in [-0.2, 0) is 0 Å². The van der Waals surface area contributed by atoms with Crippen LogP contribution in [0.15, 0.2) is 67.0 Å². The lowest BCUT2D eigenvalue weighted by molar-refractivity contribution is 0.102. The summed E-state index contributed by atoms with van der Waals surface area (Å²) in [5.41, 5.74) is 3.42. The van der Waals surface area contributed by atoms with E-state index in [1.165, 1.54) is 4.80 Å². The van der Waals surface area contributed by atoms with Gasteiger partial charge in [0.25, 0.3) is 5.91 Å². The second-order valence-corrected chi connectivity index (χ2v) is 5.80. The van der Waals surface area contributed by atoms with E-state index in [-0.39, 0.29) is 5.91 Å². The Kier molecular flexibility index (Phi) is 3.87. The molecule has 6 nitrogen and oxygen atoms in total. The van der Waals surface area contributed by atoms with E-state index in [1.807, 2.05) is 18.2 Å². The number of amides is 1. The smallest absolute Gasteiger partial charge is 0.255 e. The van der Waals surface area contributed by atoms with Crippen molar-refractivity contribution in [2.45, 2.75) is 0 Å². The lowest BCUT2D eigenvalue weighted by Gasteiger charge is -2.04. The number of pyridine rings is 1. The summed E-state index contributed by atoms with van der Waals surface area (Å²) in [5, 5.41) is 12.4. The van der Waals surface area contributed by atoms with Crippen molar-refractivity contribution in [1.29, 1.82) is 0 Å². The van der Waals surface area contributed by atoms with Crippen LogP contribution in [-0.4, -0.2) is 25.9 Å². The summed E-state index contributed by atoms with van der Waals surface area (Å²) in [7, 11) is 0. The maximum absolute atomic E-state index is 12.2. The molecule has 2 aromatic heterocycles. The van der Waals surface area contributed by atoms with Gasteiger partial charge in [0.05, 0.1) is 5.69 Å². The number of anilines is 1. The van der Waals surface area contributed by atoms with Gasteiger partial charge in [-0.25, -0.2) is 0 Å². The van der Waals surface area contributed by atoms with E-state index in [9.17, 15) is 4.79 Å².